The Morgan fingerprint density at radius 1 is 1.04 bits per heavy atom. The van der Waals surface area contributed by atoms with E-state index in [0.717, 1.165) is 20.2 Å². The predicted octanol–water partition coefficient (Wildman–Crippen LogP) is 5.00. The Kier molecular flexibility index (Phi) is 3.97. The third kappa shape index (κ3) is 2.78. The van der Waals surface area contributed by atoms with Gasteiger partial charge in [0.25, 0.3) is 0 Å². The van der Waals surface area contributed by atoms with E-state index in [-0.39, 0.29) is 11.9 Å². The first-order valence-electron chi connectivity index (χ1n) is 7.21. The van der Waals surface area contributed by atoms with E-state index in [1.807, 2.05) is 30.3 Å². The summed E-state index contributed by atoms with van der Waals surface area (Å²) in [5.41, 5.74) is 2.40. The van der Waals surface area contributed by atoms with Crippen molar-refractivity contribution in [1.29, 1.82) is 0 Å². The summed E-state index contributed by atoms with van der Waals surface area (Å²) in [7, 11) is 0. The zero-order chi connectivity index (χ0) is 16.7. The SMILES string of the molecule is Fc1ccc(Br)cc1[C@@H]1C=C(c2ccc(Br)cc2)Nc2ncnn21. The van der Waals surface area contributed by atoms with Crippen molar-refractivity contribution in [1.82, 2.24) is 14.8 Å². The third-order valence-electron chi connectivity index (χ3n) is 3.84. The summed E-state index contributed by atoms with van der Waals surface area (Å²) in [6, 6.07) is 12.4. The van der Waals surface area contributed by atoms with E-state index in [0.29, 0.717) is 11.5 Å². The molecule has 1 aliphatic heterocycles. The van der Waals surface area contributed by atoms with Gasteiger partial charge in [-0.1, -0.05) is 44.0 Å². The van der Waals surface area contributed by atoms with Crippen LogP contribution in [0.2, 0.25) is 0 Å². The van der Waals surface area contributed by atoms with Crippen LogP contribution in [0.1, 0.15) is 17.2 Å². The number of nitrogens with one attached hydrogen (secondary N) is 1. The molecule has 1 aliphatic rings. The number of allylic oxidation sites excluding steroid dienone is 1. The molecule has 3 aromatic rings. The Balaban J connectivity index is 1.85. The van der Waals surface area contributed by atoms with E-state index in [4.69, 9.17) is 0 Å². The summed E-state index contributed by atoms with van der Waals surface area (Å²) >= 11 is 6.84. The Morgan fingerprint density at radius 3 is 2.58 bits per heavy atom. The van der Waals surface area contributed by atoms with Crippen LogP contribution in [0.4, 0.5) is 10.3 Å². The van der Waals surface area contributed by atoms with Gasteiger partial charge in [0.1, 0.15) is 18.2 Å². The number of benzene rings is 2. The van der Waals surface area contributed by atoms with Gasteiger partial charge in [0, 0.05) is 20.2 Å². The lowest BCUT2D eigenvalue weighted by Gasteiger charge is -2.24. The lowest BCUT2D eigenvalue weighted by Crippen LogP contribution is -2.21. The number of fused-ring (bicyclic) bond motifs is 1. The van der Waals surface area contributed by atoms with Crippen molar-refractivity contribution in [3.8, 4) is 0 Å². The van der Waals surface area contributed by atoms with Crippen LogP contribution in [0.5, 0.6) is 0 Å². The van der Waals surface area contributed by atoms with Gasteiger partial charge in [0.15, 0.2) is 0 Å². The third-order valence-corrected chi connectivity index (χ3v) is 4.86. The molecule has 0 aliphatic carbocycles. The van der Waals surface area contributed by atoms with E-state index in [1.54, 1.807) is 16.8 Å². The second-order valence-electron chi connectivity index (χ2n) is 5.35. The summed E-state index contributed by atoms with van der Waals surface area (Å²) in [6.45, 7) is 0. The van der Waals surface area contributed by atoms with Gasteiger partial charge in [-0.25, -0.2) is 9.07 Å². The van der Waals surface area contributed by atoms with Crippen LogP contribution in [0.15, 0.2) is 63.8 Å². The summed E-state index contributed by atoms with van der Waals surface area (Å²) in [6.07, 6.45) is 3.42. The van der Waals surface area contributed by atoms with Crippen LogP contribution in [-0.4, -0.2) is 14.8 Å². The Labute approximate surface area is 154 Å². The molecule has 1 N–H and O–H groups in total. The molecule has 0 saturated carbocycles. The zero-order valence-corrected chi connectivity index (χ0v) is 15.4. The maximum atomic E-state index is 14.4. The van der Waals surface area contributed by atoms with Crippen LogP contribution in [-0.2, 0) is 0 Å². The second-order valence-corrected chi connectivity index (χ2v) is 7.18. The smallest absolute Gasteiger partial charge is 0.226 e. The van der Waals surface area contributed by atoms with Crippen molar-refractivity contribution in [2.45, 2.75) is 6.04 Å². The van der Waals surface area contributed by atoms with Crippen molar-refractivity contribution in [2.75, 3.05) is 5.32 Å². The molecular formula is C17H11Br2FN4. The first-order chi connectivity index (χ1) is 11.6. The summed E-state index contributed by atoms with van der Waals surface area (Å²) in [5.74, 6) is 0.303. The van der Waals surface area contributed by atoms with Gasteiger partial charge in [0.2, 0.25) is 5.95 Å². The number of nitrogens with zero attached hydrogens (tertiary/aromatic N) is 3. The standard InChI is InChI=1S/C17H11Br2FN4/c18-11-3-1-10(2-4-11)15-8-16(24-17(23-15)21-9-22-24)13-7-12(19)5-6-14(13)20/h1-9,16H,(H,21,22,23)/t16-/m0/s1. The molecule has 7 heteroatoms. The molecule has 0 radical (unpaired) electrons. The van der Waals surface area contributed by atoms with Gasteiger partial charge in [0.05, 0.1) is 0 Å². The summed E-state index contributed by atoms with van der Waals surface area (Å²) in [5, 5.41) is 7.48. The molecule has 120 valence electrons. The second kappa shape index (κ2) is 6.14. The van der Waals surface area contributed by atoms with Gasteiger partial charge in [-0.2, -0.15) is 10.1 Å². The van der Waals surface area contributed by atoms with Gasteiger partial charge in [-0.05, 0) is 42.0 Å². The molecule has 0 spiro atoms. The molecule has 1 atom stereocenters. The molecule has 2 aromatic carbocycles. The number of anilines is 1. The number of hydrogen-bond donors (Lipinski definition) is 1. The van der Waals surface area contributed by atoms with Crippen molar-refractivity contribution < 1.29 is 4.39 Å². The highest BCUT2D eigenvalue weighted by Crippen LogP contribution is 2.34. The normalized spacial score (nSPS) is 16.3. The lowest BCUT2D eigenvalue weighted by molar-refractivity contribution is 0.551. The predicted molar refractivity (Wildman–Crippen MR) is 98.0 cm³/mol. The Bertz CT molecular complexity index is 934. The lowest BCUT2D eigenvalue weighted by atomic mass is 10.0. The number of halogens is 3. The largest absolute Gasteiger partial charge is 0.324 e. The first-order valence-corrected chi connectivity index (χ1v) is 8.79. The van der Waals surface area contributed by atoms with E-state index in [1.165, 1.54) is 12.4 Å². The molecule has 4 rings (SSSR count). The van der Waals surface area contributed by atoms with Crippen molar-refractivity contribution in [3.63, 3.8) is 0 Å². The highest BCUT2D eigenvalue weighted by molar-refractivity contribution is 9.10. The van der Waals surface area contributed by atoms with Crippen molar-refractivity contribution in [3.05, 3.63) is 80.8 Å². The minimum absolute atomic E-state index is 0.280. The number of aromatic nitrogens is 3. The van der Waals surface area contributed by atoms with E-state index in [2.05, 4.69) is 47.3 Å². The highest BCUT2D eigenvalue weighted by atomic mass is 79.9. The maximum Gasteiger partial charge on any atom is 0.226 e. The first kappa shape index (κ1) is 15.5. The average Bonchev–Trinajstić information content (AvgIpc) is 3.05. The fourth-order valence-corrected chi connectivity index (χ4v) is 3.34. The monoisotopic (exact) mass is 448 g/mol. The Hall–Kier alpha value is -1.99. The maximum absolute atomic E-state index is 14.4. The minimum atomic E-state index is -0.375. The van der Waals surface area contributed by atoms with Crippen molar-refractivity contribution >= 4 is 43.5 Å². The quantitative estimate of drug-likeness (QED) is 0.598. The molecule has 0 unspecified atom stereocenters. The molecular weight excluding hydrogens is 439 g/mol. The fourth-order valence-electron chi connectivity index (χ4n) is 2.69. The molecule has 24 heavy (non-hydrogen) atoms. The van der Waals surface area contributed by atoms with E-state index >= 15 is 0 Å². The zero-order valence-electron chi connectivity index (χ0n) is 12.2. The van der Waals surface area contributed by atoms with Crippen LogP contribution >= 0.6 is 31.9 Å². The summed E-state index contributed by atoms with van der Waals surface area (Å²) < 4.78 is 17.9. The van der Waals surface area contributed by atoms with Gasteiger partial charge >= 0.3 is 0 Å². The van der Waals surface area contributed by atoms with E-state index in [9.17, 15) is 4.39 Å². The molecule has 4 nitrogen and oxygen atoms in total. The minimum Gasteiger partial charge on any atom is -0.324 e. The molecule has 0 saturated heterocycles. The molecule has 0 bridgehead atoms. The van der Waals surface area contributed by atoms with Crippen LogP contribution in [0.3, 0.4) is 0 Å². The molecule has 0 fully saturated rings. The number of rotatable bonds is 2. The van der Waals surface area contributed by atoms with Crippen LogP contribution < -0.4 is 5.32 Å². The molecule has 0 amide bonds. The van der Waals surface area contributed by atoms with Gasteiger partial charge < -0.3 is 5.32 Å². The average molecular weight is 450 g/mol. The Morgan fingerprint density at radius 2 is 1.79 bits per heavy atom. The topological polar surface area (TPSA) is 42.7 Å². The molecule has 2 heterocycles. The fraction of sp³-hybridized carbons (Fsp3) is 0.0588. The van der Waals surface area contributed by atoms with Crippen LogP contribution in [0.25, 0.3) is 5.70 Å². The van der Waals surface area contributed by atoms with Gasteiger partial charge in [-0.3, -0.25) is 0 Å². The van der Waals surface area contributed by atoms with Gasteiger partial charge in [-0.15, -0.1) is 0 Å². The summed E-state index contributed by atoms with van der Waals surface area (Å²) in [4.78, 5) is 4.23. The highest BCUT2D eigenvalue weighted by Gasteiger charge is 2.25. The van der Waals surface area contributed by atoms with Crippen LogP contribution in [0, 0.1) is 5.82 Å². The van der Waals surface area contributed by atoms with Crippen molar-refractivity contribution in [2.24, 2.45) is 0 Å². The van der Waals surface area contributed by atoms with E-state index < -0.39 is 0 Å². The number of hydrogen-bond acceptors (Lipinski definition) is 3. The molecule has 1 aromatic heterocycles.